The van der Waals surface area contributed by atoms with Crippen molar-refractivity contribution < 1.29 is 10.2 Å². The van der Waals surface area contributed by atoms with Crippen LogP contribution >= 0.6 is 0 Å². The number of benzene rings is 3. The van der Waals surface area contributed by atoms with Gasteiger partial charge in [-0.2, -0.15) is 0 Å². The summed E-state index contributed by atoms with van der Waals surface area (Å²) in [5.74, 6) is 0.123. The van der Waals surface area contributed by atoms with Crippen LogP contribution < -0.4 is 16.0 Å². The maximum absolute atomic E-state index is 10.5. The molecule has 5 N–H and O–H groups in total. The van der Waals surface area contributed by atoms with Crippen molar-refractivity contribution >= 4 is 0 Å². The second-order valence-electron chi connectivity index (χ2n) is 9.14. The molecular formula is C27H31N3O2. The molecule has 1 aliphatic carbocycles. The van der Waals surface area contributed by atoms with Crippen molar-refractivity contribution in [3.05, 3.63) is 93.5 Å². The molecule has 5 nitrogen and oxygen atoms in total. The fourth-order valence-electron chi connectivity index (χ4n) is 5.05. The SMILES string of the molecule is Cc1ccc(C2NC(c3ccc4c(c3)CCCC4)NC(c3ccc(O)cc3O)N2)c(C)c1. The highest BCUT2D eigenvalue weighted by Gasteiger charge is 2.32. The predicted octanol–water partition coefficient (Wildman–Crippen LogP) is 4.77. The largest absolute Gasteiger partial charge is 0.508 e. The third-order valence-corrected chi connectivity index (χ3v) is 6.77. The van der Waals surface area contributed by atoms with Gasteiger partial charge in [0.05, 0.1) is 18.5 Å². The van der Waals surface area contributed by atoms with Crippen molar-refractivity contribution in [3.8, 4) is 11.5 Å². The molecule has 1 saturated heterocycles. The molecule has 1 heterocycles. The van der Waals surface area contributed by atoms with E-state index in [-0.39, 0.29) is 30.0 Å². The number of hydrogen-bond acceptors (Lipinski definition) is 5. The Hall–Kier alpha value is -2.86. The highest BCUT2D eigenvalue weighted by atomic mass is 16.3. The average Bonchev–Trinajstić information content (AvgIpc) is 2.78. The Morgan fingerprint density at radius 2 is 1.38 bits per heavy atom. The first-order valence-corrected chi connectivity index (χ1v) is 11.5. The van der Waals surface area contributed by atoms with E-state index in [1.807, 2.05) is 0 Å². The molecule has 0 aromatic heterocycles. The smallest absolute Gasteiger partial charge is 0.125 e. The summed E-state index contributed by atoms with van der Waals surface area (Å²) in [4.78, 5) is 0. The van der Waals surface area contributed by atoms with Gasteiger partial charge in [0.2, 0.25) is 0 Å². The molecule has 0 radical (unpaired) electrons. The summed E-state index contributed by atoms with van der Waals surface area (Å²) < 4.78 is 0. The molecule has 3 atom stereocenters. The molecule has 32 heavy (non-hydrogen) atoms. The first-order chi connectivity index (χ1) is 15.5. The molecule has 0 bridgehead atoms. The molecule has 3 aromatic carbocycles. The summed E-state index contributed by atoms with van der Waals surface area (Å²) >= 11 is 0. The number of aryl methyl sites for hydroxylation is 4. The van der Waals surface area contributed by atoms with E-state index in [1.54, 1.807) is 12.1 Å². The van der Waals surface area contributed by atoms with Crippen LogP contribution in [0.2, 0.25) is 0 Å². The Bertz CT molecular complexity index is 1080. The van der Waals surface area contributed by atoms with Crippen molar-refractivity contribution in [3.63, 3.8) is 0 Å². The van der Waals surface area contributed by atoms with Gasteiger partial charge in [0.25, 0.3) is 0 Å². The highest BCUT2D eigenvalue weighted by Crippen LogP contribution is 2.34. The Kier molecular flexibility index (Phi) is 5.64. The van der Waals surface area contributed by atoms with Gasteiger partial charge in [-0.1, -0.05) is 42.0 Å². The lowest BCUT2D eigenvalue weighted by molar-refractivity contribution is 0.200. The summed E-state index contributed by atoms with van der Waals surface area (Å²) in [7, 11) is 0. The van der Waals surface area contributed by atoms with Gasteiger partial charge in [0.1, 0.15) is 11.5 Å². The summed E-state index contributed by atoms with van der Waals surface area (Å²) in [5.41, 5.74) is 8.46. The number of nitrogens with one attached hydrogen (secondary N) is 3. The van der Waals surface area contributed by atoms with E-state index in [2.05, 4.69) is 66.2 Å². The first kappa shape index (κ1) is 21.0. The first-order valence-electron chi connectivity index (χ1n) is 11.5. The topological polar surface area (TPSA) is 76.5 Å². The third-order valence-electron chi connectivity index (χ3n) is 6.77. The van der Waals surface area contributed by atoms with Gasteiger partial charge in [-0.25, -0.2) is 0 Å². The van der Waals surface area contributed by atoms with Crippen LogP contribution in [0.3, 0.4) is 0 Å². The molecule has 1 fully saturated rings. The molecule has 5 rings (SSSR count). The summed E-state index contributed by atoms with van der Waals surface area (Å²) in [6.45, 7) is 4.24. The van der Waals surface area contributed by atoms with Crippen molar-refractivity contribution in [2.75, 3.05) is 0 Å². The molecule has 0 amide bonds. The zero-order valence-electron chi connectivity index (χ0n) is 18.7. The van der Waals surface area contributed by atoms with Crippen LogP contribution in [0.1, 0.15) is 70.3 Å². The van der Waals surface area contributed by atoms with Crippen LogP contribution in [0, 0.1) is 13.8 Å². The lowest BCUT2D eigenvalue weighted by Crippen LogP contribution is -2.54. The molecule has 166 valence electrons. The van der Waals surface area contributed by atoms with Gasteiger partial charge in [-0.05, 0) is 79.5 Å². The standard InChI is InChI=1S/C27H31N3O2/c1-16-7-11-22(17(2)13-16)26-28-25(20-9-8-18-5-3-4-6-19(18)14-20)29-27(30-26)23-12-10-21(31)15-24(23)32/h7-15,25-32H,3-6H2,1-2H3. The zero-order valence-corrected chi connectivity index (χ0v) is 18.7. The molecule has 0 saturated carbocycles. The number of fused-ring (bicyclic) bond motifs is 1. The lowest BCUT2D eigenvalue weighted by atomic mass is 9.89. The average molecular weight is 430 g/mol. The van der Waals surface area contributed by atoms with Crippen molar-refractivity contribution in [2.45, 2.75) is 58.0 Å². The Morgan fingerprint density at radius 3 is 2.12 bits per heavy atom. The Balaban J connectivity index is 1.52. The van der Waals surface area contributed by atoms with Gasteiger partial charge < -0.3 is 10.2 Å². The molecule has 5 heteroatoms. The van der Waals surface area contributed by atoms with E-state index in [1.165, 1.54) is 52.3 Å². The van der Waals surface area contributed by atoms with Gasteiger partial charge in [-0.15, -0.1) is 0 Å². The number of phenols is 2. The van der Waals surface area contributed by atoms with E-state index in [9.17, 15) is 10.2 Å². The molecule has 3 aromatic rings. The number of phenolic OH excluding ortho intramolecular Hbond substituents is 2. The molecule has 0 spiro atoms. The second kappa shape index (κ2) is 8.58. The van der Waals surface area contributed by atoms with Gasteiger partial charge in [0.15, 0.2) is 0 Å². The maximum Gasteiger partial charge on any atom is 0.125 e. The second-order valence-corrected chi connectivity index (χ2v) is 9.14. The van der Waals surface area contributed by atoms with Crippen LogP contribution in [0.4, 0.5) is 0 Å². The Morgan fingerprint density at radius 1 is 0.688 bits per heavy atom. The minimum Gasteiger partial charge on any atom is -0.508 e. The fraction of sp³-hybridized carbons (Fsp3) is 0.333. The van der Waals surface area contributed by atoms with E-state index in [0.717, 1.165) is 12.8 Å². The molecule has 2 aliphatic rings. The van der Waals surface area contributed by atoms with Crippen LogP contribution in [-0.4, -0.2) is 10.2 Å². The summed E-state index contributed by atoms with van der Waals surface area (Å²) in [5, 5.41) is 31.3. The zero-order chi connectivity index (χ0) is 22.2. The molecular weight excluding hydrogens is 398 g/mol. The fourth-order valence-corrected chi connectivity index (χ4v) is 5.05. The quantitative estimate of drug-likeness (QED) is 0.415. The van der Waals surface area contributed by atoms with Gasteiger partial charge in [-0.3, -0.25) is 16.0 Å². The third kappa shape index (κ3) is 4.11. The number of aromatic hydroxyl groups is 2. The maximum atomic E-state index is 10.5. The van der Waals surface area contributed by atoms with E-state index in [4.69, 9.17) is 0 Å². The van der Waals surface area contributed by atoms with Gasteiger partial charge >= 0.3 is 0 Å². The summed E-state index contributed by atoms with van der Waals surface area (Å²) in [6.07, 6.45) is 4.34. The van der Waals surface area contributed by atoms with E-state index >= 15 is 0 Å². The predicted molar refractivity (Wildman–Crippen MR) is 126 cm³/mol. The van der Waals surface area contributed by atoms with E-state index in [0.29, 0.717) is 5.56 Å². The van der Waals surface area contributed by atoms with Crippen molar-refractivity contribution in [1.29, 1.82) is 0 Å². The minimum absolute atomic E-state index is 0.0531. The lowest BCUT2D eigenvalue weighted by Gasteiger charge is -2.40. The van der Waals surface area contributed by atoms with Crippen molar-refractivity contribution in [2.24, 2.45) is 0 Å². The van der Waals surface area contributed by atoms with Crippen molar-refractivity contribution in [1.82, 2.24) is 16.0 Å². The van der Waals surface area contributed by atoms with Crippen LogP contribution in [-0.2, 0) is 12.8 Å². The van der Waals surface area contributed by atoms with Crippen LogP contribution in [0.25, 0.3) is 0 Å². The Labute approximate surface area is 189 Å². The number of rotatable bonds is 3. The summed E-state index contributed by atoms with van der Waals surface area (Å²) in [6, 6.07) is 18.1. The minimum atomic E-state index is -0.288. The highest BCUT2D eigenvalue weighted by molar-refractivity contribution is 5.42. The van der Waals surface area contributed by atoms with Crippen LogP contribution in [0.5, 0.6) is 11.5 Å². The van der Waals surface area contributed by atoms with Gasteiger partial charge in [0, 0.05) is 11.6 Å². The molecule has 3 unspecified atom stereocenters. The monoisotopic (exact) mass is 429 g/mol. The van der Waals surface area contributed by atoms with E-state index < -0.39 is 0 Å². The number of hydrogen-bond donors (Lipinski definition) is 5. The molecule has 1 aliphatic heterocycles. The normalized spacial score (nSPS) is 23.0. The van der Waals surface area contributed by atoms with Crippen LogP contribution in [0.15, 0.2) is 54.6 Å².